The Labute approximate surface area is 106 Å². The lowest BCUT2D eigenvalue weighted by molar-refractivity contribution is -0.129. The molecule has 0 aromatic carbocycles. The van der Waals surface area contributed by atoms with Crippen LogP contribution in [0.4, 0.5) is 0 Å². The first-order valence-electron chi connectivity index (χ1n) is 5.56. The van der Waals surface area contributed by atoms with E-state index in [2.05, 4.69) is 4.98 Å². The summed E-state index contributed by atoms with van der Waals surface area (Å²) < 4.78 is 0. The van der Waals surface area contributed by atoms with Gasteiger partial charge in [-0.2, -0.15) is 0 Å². The number of likely N-dealkylation sites (N-methyl/N-ethyl adjacent to an activating group) is 2. The summed E-state index contributed by atoms with van der Waals surface area (Å²) in [6.07, 6.45) is 1.56. The molecular formula is C12H18N4O2. The molecule has 0 unspecified atom stereocenters. The number of nitrogens with zero attached hydrogens (tertiary/aromatic N) is 3. The zero-order valence-electron chi connectivity index (χ0n) is 10.9. The van der Waals surface area contributed by atoms with E-state index < -0.39 is 0 Å². The molecule has 18 heavy (non-hydrogen) atoms. The molecule has 98 valence electrons. The van der Waals surface area contributed by atoms with Crippen molar-refractivity contribution in [2.24, 2.45) is 5.73 Å². The quantitative estimate of drug-likeness (QED) is 0.795. The standard InChI is InChI=1S/C12H18N4O2/c1-15(2)11(17)8-16(3)12(18)10-5-4-9(6-13)7-14-10/h4-5,7H,6,8,13H2,1-3H3. The van der Waals surface area contributed by atoms with E-state index in [-0.39, 0.29) is 18.4 Å². The van der Waals surface area contributed by atoms with Crippen LogP contribution in [-0.4, -0.2) is 54.3 Å². The number of hydrogen-bond donors (Lipinski definition) is 1. The van der Waals surface area contributed by atoms with Crippen molar-refractivity contribution in [1.29, 1.82) is 0 Å². The Kier molecular flexibility index (Phi) is 4.79. The number of rotatable bonds is 4. The van der Waals surface area contributed by atoms with Gasteiger partial charge in [0.2, 0.25) is 5.91 Å². The Balaban J connectivity index is 2.70. The van der Waals surface area contributed by atoms with Crippen LogP contribution in [0, 0.1) is 0 Å². The van der Waals surface area contributed by atoms with Gasteiger partial charge in [-0.25, -0.2) is 0 Å². The number of hydrogen-bond acceptors (Lipinski definition) is 4. The van der Waals surface area contributed by atoms with Crippen molar-refractivity contribution in [3.05, 3.63) is 29.6 Å². The number of carbonyl (C=O) groups is 2. The van der Waals surface area contributed by atoms with Gasteiger partial charge in [0.15, 0.2) is 0 Å². The summed E-state index contributed by atoms with van der Waals surface area (Å²) in [6, 6.07) is 3.36. The molecule has 0 saturated carbocycles. The average molecular weight is 250 g/mol. The van der Waals surface area contributed by atoms with Crippen molar-refractivity contribution in [1.82, 2.24) is 14.8 Å². The molecule has 0 aliphatic rings. The molecule has 0 aliphatic heterocycles. The van der Waals surface area contributed by atoms with E-state index in [4.69, 9.17) is 5.73 Å². The smallest absolute Gasteiger partial charge is 0.272 e. The van der Waals surface area contributed by atoms with Crippen LogP contribution in [-0.2, 0) is 11.3 Å². The largest absolute Gasteiger partial charge is 0.347 e. The van der Waals surface area contributed by atoms with Crippen molar-refractivity contribution in [2.75, 3.05) is 27.7 Å². The molecule has 1 rings (SSSR count). The second-order valence-electron chi connectivity index (χ2n) is 4.21. The third kappa shape index (κ3) is 3.53. The lowest BCUT2D eigenvalue weighted by Crippen LogP contribution is -2.38. The molecule has 1 aromatic rings. The highest BCUT2D eigenvalue weighted by Crippen LogP contribution is 2.03. The molecule has 0 aliphatic carbocycles. The Morgan fingerprint density at radius 3 is 2.39 bits per heavy atom. The van der Waals surface area contributed by atoms with Crippen molar-refractivity contribution < 1.29 is 9.59 Å². The molecule has 1 heterocycles. The number of nitrogens with two attached hydrogens (primary N) is 1. The minimum atomic E-state index is -0.284. The average Bonchev–Trinajstić information content (AvgIpc) is 2.37. The monoisotopic (exact) mass is 250 g/mol. The second kappa shape index (κ2) is 6.11. The molecule has 0 saturated heterocycles. The molecule has 2 amide bonds. The Bertz CT molecular complexity index is 428. The topological polar surface area (TPSA) is 79.5 Å². The van der Waals surface area contributed by atoms with Gasteiger partial charge in [0.25, 0.3) is 5.91 Å². The summed E-state index contributed by atoms with van der Waals surface area (Å²) in [7, 11) is 4.87. The predicted molar refractivity (Wildman–Crippen MR) is 67.8 cm³/mol. The summed E-state index contributed by atoms with van der Waals surface area (Å²) in [5, 5.41) is 0. The maximum atomic E-state index is 12.0. The van der Waals surface area contributed by atoms with Gasteiger partial charge in [-0.3, -0.25) is 14.6 Å². The van der Waals surface area contributed by atoms with Crippen LogP contribution >= 0.6 is 0 Å². The molecule has 6 nitrogen and oxygen atoms in total. The van der Waals surface area contributed by atoms with Gasteiger partial charge in [0, 0.05) is 33.9 Å². The third-order valence-corrected chi connectivity index (χ3v) is 2.50. The van der Waals surface area contributed by atoms with Crippen molar-refractivity contribution in [3.63, 3.8) is 0 Å². The maximum absolute atomic E-state index is 12.0. The minimum absolute atomic E-state index is 0.0339. The van der Waals surface area contributed by atoms with Gasteiger partial charge in [-0.05, 0) is 11.6 Å². The van der Waals surface area contributed by atoms with Gasteiger partial charge >= 0.3 is 0 Å². The Morgan fingerprint density at radius 1 is 1.28 bits per heavy atom. The summed E-state index contributed by atoms with van der Waals surface area (Å²) in [5.74, 6) is -0.418. The number of amides is 2. The van der Waals surface area contributed by atoms with Crippen LogP contribution in [0.5, 0.6) is 0 Å². The van der Waals surface area contributed by atoms with Crippen molar-refractivity contribution in [3.8, 4) is 0 Å². The predicted octanol–water partition coefficient (Wildman–Crippen LogP) is -0.299. The highest BCUT2D eigenvalue weighted by molar-refractivity contribution is 5.94. The number of pyridine rings is 1. The molecule has 0 spiro atoms. The molecule has 1 aromatic heterocycles. The van der Waals surface area contributed by atoms with Gasteiger partial charge in [-0.1, -0.05) is 6.07 Å². The second-order valence-corrected chi connectivity index (χ2v) is 4.21. The van der Waals surface area contributed by atoms with Crippen LogP contribution in [0.15, 0.2) is 18.3 Å². The summed E-state index contributed by atoms with van der Waals surface area (Å²) in [5.41, 5.74) is 6.62. The molecule has 6 heteroatoms. The lowest BCUT2D eigenvalue weighted by atomic mass is 10.2. The van der Waals surface area contributed by atoms with E-state index in [0.717, 1.165) is 5.56 Å². The van der Waals surface area contributed by atoms with Gasteiger partial charge < -0.3 is 15.5 Å². The Hall–Kier alpha value is -1.95. The molecule has 0 radical (unpaired) electrons. The fourth-order valence-corrected chi connectivity index (χ4v) is 1.28. The number of carbonyl (C=O) groups excluding carboxylic acids is 2. The van der Waals surface area contributed by atoms with Crippen LogP contribution in [0.2, 0.25) is 0 Å². The van der Waals surface area contributed by atoms with E-state index in [1.807, 2.05) is 0 Å². The van der Waals surface area contributed by atoms with E-state index in [9.17, 15) is 9.59 Å². The summed E-state index contributed by atoms with van der Waals surface area (Å²) in [4.78, 5) is 30.3. The minimum Gasteiger partial charge on any atom is -0.347 e. The molecule has 2 N–H and O–H groups in total. The van der Waals surface area contributed by atoms with Crippen molar-refractivity contribution >= 4 is 11.8 Å². The summed E-state index contributed by atoms with van der Waals surface area (Å²) >= 11 is 0. The zero-order chi connectivity index (χ0) is 13.7. The van der Waals surface area contributed by atoms with E-state index >= 15 is 0 Å². The molecular weight excluding hydrogens is 232 g/mol. The van der Waals surface area contributed by atoms with Crippen LogP contribution < -0.4 is 5.73 Å². The molecule has 0 fully saturated rings. The first-order valence-corrected chi connectivity index (χ1v) is 5.56. The van der Waals surface area contributed by atoms with Gasteiger partial charge in [-0.15, -0.1) is 0 Å². The molecule has 0 bridgehead atoms. The van der Waals surface area contributed by atoms with Gasteiger partial charge in [0.05, 0.1) is 6.54 Å². The SMILES string of the molecule is CN(C)C(=O)CN(C)C(=O)c1ccc(CN)cn1. The first kappa shape index (κ1) is 14.1. The van der Waals surface area contributed by atoms with E-state index in [1.165, 1.54) is 9.80 Å². The maximum Gasteiger partial charge on any atom is 0.272 e. The van der Waals surface area contributed by atoms with Crippen LogP contribution in [0.3, 0.4) is 0 Å². The number of aromatic nitrogens is 1. The van der Waals surface area contributed by atoms with Crippen LogP contribution in [0.25, 0.3) is 0 Å². The fourth-order valence-electron chi connectivity index (χ4n) is 1.28. The fraction of sp³-hybridized carbons (Fsp3) is 0.417. The Morgan fingerprint density at radius 2 is 1.94 bits per heavy atom. The van der Waals surface area contributed by atoms with Gasteiger partial charge in [0.1, 0.15) is 5.69 Å². The van der Waals surface area contributed by atoms with E-state index in [1.54, 1.807) is 39.5 Å². The highest BCUT2D eigenvalue weighted by atomic mass is 16.2. The zero-order valence-corrected chi connectivity index (χ0v) is 10.9. The first-order chi connectivity index (χ1) is 8.45. The van der Waals surface area contributed by atoms with E-state index in [0.29, 0.717) is 12.2 Å². The summed E-state index contributed by atoms with van der Waals surface area (Å²) in [6.45, 7) is 0.419. The van der Waals surface area contributed by atoms with Crippen LogP contribution in [0.1, 0.15) is 16.1 Å². The molecule has 0 atom stereocenters. The normalized spacial score (nSPS) is 10.0. The third-order valence-electron chi connectivity index (χ3n) is 2.50. The van der Waals surface area contributed by atoms with Crippen molar-refractivity contribution in [2.45, 2.75) is 6.54 Å². The highest BCUT2D eigenvalue weighted by Gasteiger charge is 2.16. The lowest BCUT2D eigenvalue weighted by Gasteiger charge is -2.18.